The van der Waals surface area contributed by atoms with Gasteiger partial charge in [-0.05, 0) is 49.4 Å². The summed E-state index contributed by atoms with van der Waals surface area (Å²) < 4.78 is 11.2. The minimum atomic E-state index is -0.929. The van der Waals surface area contributed by atoms with Crippen LogP contribution in [0.15, 0.2) is 39.7 Å². The number of amidine groups is 1. The zero-order valence-electron chi connectivity index (χ0n) is 16.5. The van der Waals surface area contributed by atoms with Crippen LogP contribution in [0.25, 0.3) is 6.08 Å². The van der Waals surface area contributed by atoms with E-state index in [1.807, 2.05) is 19.2 Å². The fourth-order valence-electron chi connectivity index (χ4n) is 2.62. The van der Waals surface area contributed by atoms with Crippen molar-refractivity contribution < 1.29 is 24.2 Å². The summed E-state index contributed by atoms with van der Waals surface area (Å²) in [6.45, 7) is 4.73. The number of thioether (sulfide) groups is 1. The number of nitrogens with zero attached hydrogens (tertiary/aromatic N) is 3. The molecule has 1 N–H and O–H groups in total. The quantitative estimate of drug-likeness (QED) is 0.579. The standard InChI is InChI=1S/C20H21N3O5S2/c1-3-23-18(26)16(30-20(23)22-19-21-8-10-29-19)12-13-5-6-14(15(11-13)27-4-2)28-9-7-17(24)25/h5-6,8,10-12H,3-4,7,9H2,1-2H3,(H,24,25)/b16-12+,22-20+. The Morgan fingerprint density at radius 1 is 1.30 bits per heavy atom. The van der Waals surface area contributed by atoms with Crippen molar-refractivity contribution in [3.8, 4) is 11.5 Å². The molecule has 2 heterocycles. The van der Waals surface area contributed by atoms with Gasteiger partial charge in [-0.1, -0.05) is 6.07 Å². The van der Waals surface area contributed by atoms with Gasteiger partial charge < -0.3 is 14.6 Å². The Balaban J connectivity index is 1.83. The van der Waals surface area contributed by atoms with E-state index in [2.05, 4.69) is 9.98 Å². The molecule has 0 saturated carbocycles. The molecule has 3 rings (SSSR count). The molecule has 1 aliphatic rings. The van der Waals surface area contributed by atoms with Crippen LogP contribution in [0.3, 0.4) is 0 Å². The van der Waals surface area contributed by atoms with E-state index in [-0.39, 0.29) is 18.9 Å². The fraction of sp³-hybridized carbons (Fsp3) is 0.300. The molecule has 1 aromatic heterocycles. The van der Waals surface area contributed by atoms with E-state index in [1.54, 1.807) is 35.4 Å². The number of ether oxygens (including phenoxy) is 2. The van der Waals surface area contributed by atoms with Crippen LogP contribution in [0.5, 0.6) is 11.5 Å². The van der Waals surface area contributed by atoms with Gasteiger partial charge in [-0.2, -0.15) is 4.99 Å². The number of carboxylic acids is 1. The maximum Gasteiger partial charge on any atom is 0.306 e. The number of carbonyl (C=O) groups is 2. The van der Waals surface area contributed by atoms with Crippen molar-refractivity contribution in [3.05, 3.63) is 40.2 Å². The summed E-state index contributed by atoms with van der Waals surface area (Å²) in [7, 11) is 0. The van der Waals surface area contributed by atoms with E-state index < -0.39 is 5.97 Å². The zero-order valence-corrected chi connectivity index (χ0v) is 18.2. The largest absolute Gasteiger partial charge is 0.490 e. The van der Waals surface area contributed by atoms with Crippen LogP contribution in [0, 0.1) is 0 Å². The van der Waals surface area contributed by atoms with Crippen LogP contribution in [0.1, 0.15) is 25.8 Å². The third kappa shape index (κ3) is 5.39. The highest BCUT2D eigenvalue weighted by Gasteiger charge is 2.32. The van der Waals surface area contributed by atoms with Gasteiger partial charge in [0.2, 0.25) is 5.13 Å². The summed E-state index contributed by atoms with van der Waals surface area (Å²) in [5.74, 6) is -0.0807. The lowest BCUT2D eigenvalue weighted by molar-refractivity contribution is -0.137. The maximum absolute atomic E-state index is 12.8. The maximum atomic E-state index is 12.8. The van der Waals surface area contributed by atoms with Gasteiger partial charge in [-0.3, -0.25) is 14.5 Å². The van der Waals surface area contributed by atoms with E-state index in [4.69, 9.17) is 14.6 Å². The Morgan fingerprint density at radius 2 is 2.13 bits per heavy atom. The zero-order chi connectivity index (χ0) is 21.5. The Bertz CT molecular complexity index is 973. The summed E-state index contributed by atoms with van der Waals surface area (Å²) in [5.41, 5.74) is 0.770. The Hall–Kier alpha value is -2.85. The Labute approximate surface area is 182 Å². The Morgan fingerprint density at radius 3 is 2.80 bits per heavy atom. The predicted molar refractivity (Wildman–Crippen MR) is 118 cm³/mol. The smallest absolute Gasteiger partial charge is 0.306 e. The van der Waals surface area contributed by atoms with Crippen molar-refractivity contribution in [3.63, 3.8) is 0 Å². The molecule has 1 amide bonds. The number of hydrogen-bond donors (Lipinski definition) is 1. The molecule has 1 fully saturated rings. The van der Waals surface area contributed by atoms with Crippen molar-refractivity contribution in [2.45, 2.75) is 20.3 Å². The molecule has 10 heteroatoms. The van der Waals surface area contributed by atoms with Crippen LogP contribution in [-0.4, -0.2) is 51.8 Å². The summed E-state index contributed by atoms with van der Waals surface area (Å²) in [6, 6.07) is 5.28. The van der Waals surface area contributed by atoms with Gasteiger partial charge in [0.15, 0.2) is 16.7 Å². The SMILES string of the molecule is CCOc1cc(/C=C2/S/C(=N/c3nccs3)N(CC)C2=O)ccc1OCCC(=O)O. The molecule has 30 heavy (non-hydrogen) atoms. The molecule has 158 valence electrons. The monoisotopic (exact) mass is 447 g/mol. The lowest BCUT2D eigenvalue weighted by Gasteiger charge is -2.12. The Kier molecular flexibility index (Phi) is 7.47. The molecular formula is C20H21N3O5S2. The summed E-state index contributed by atoms with van der Waals surface area (Å²) >= 11 is 2.71. The highest BCUT2D eigenvalue weighted by Crippen LogP contribution is 2.36. The van der Waals surface area contributed by atoms with Gasteiger partial charge in [-0.25, -0.2) is 4.98 Å². The molecule has 1 saturated heterocycles. The summed E-state index contributed by atoms with van der Waals surface area (Å²) in [6.07, 6.45) is 3.36. The normalized spacial score (nSPS) is 16.5. The molecule has 0 bridgehead atoms. The van der Waals surface area contributed by atoms with E-state index in [9.17, 15) is 9.59 Å². The van der Waals surface area contributed by atoms with Gasteiger partial charge in [0.1, 0.15) is 0 Å². The number of benzene rings is 1. The molecule has 1 aromatic carbocycles. The third-order valence-corrected chi connectivity index (χ3v) is 5.63. The fourth-order valence-corrected chi connectivity index (χ4v) is 4.23. The number of hydrogen-bond acceptors (Lipinski definition) is 8. The van der Waals surface area contributed by atoms with Crippen LogP contribution >= 0.6 is 23.1 Å². The van der Waals surface area contributed by atoms with E-state index in [0.29, 0.717) is 39.9 Å². The molecule has 1 aliphatic heterocycles. The number of carboxylic acid groups (broad SMARTS) is 1. The lowest BCUT2D eigenvalue weighted by atomic mass is 10.2. The summed E-state index contributed by atoms with van der Waals surface area (Å²) in [5, 5.41) is 11.8. The van der Waals surface area contributed by atoms with Gasteiger partial charge in [0.25, 0.3) is 5.91 Å². The summed E-state index contributed by atoms with van der Waals surface area (Å²) in [4.78, 5) is 34.3. The average Bonchev–Trinajstić information content (AvgIpc) is 3.32. The minimum Gasteiger partial charge on any atom is -0.490 e. The first-order valence-electron chi connectivity index (χ1n) is 9.32. The van der Waals surface area contributed by atoms with Crippen LogP contribution in [0.2, 0.25) is 0 Å². The first kappa shape index (κ1) is 21.8. The van der Waals surface area contributed by atoms with Gasteiger partial charge in [0, 0.05) is 18.1 Å². The molecule has 0 radical (unpaired) electrons. The second-order valence-electron chi connectivity index (χ2n) is 6.00. The molecular weight excluding hydrogens is 426 g/mol. The van der Waals surface area contributed by atoms with Gasteiger partial charge in [0.05, 0.1) is 24.5 Å². The topological polar surface area (TPSA) is 101 Å². The number of likely N-dealkylation sites (N-methyl/N-ethyl adjacent to an activating group) is 1. The second-order valence-corrected chi connectivity index (χ2v) is 7.88. The number of aliphatic carboxylic acids is 1. The molecule has 0 atom stereocenters. The van der Waals surface area contributed by atoms with Crippen molar-refractivity contribution in [1.29, 1.82) is 0 Å². The molecule has 2 aromatic rings. The van der Waals surface area contributed by atoms with Crippen LogP contribution in [-0.2, 0) is 9.59 Å². The first-order chi connectivity index (χ1) is 14.5. The number of aromatic nitrogens is 1. The number of rotatable bonds is 9. The first-order valence-corrected chi connectivity index (χ1v) is 11.0. The van der Waals surface area contributed by atoms with Crippen LogP contribution in [0.4, 0.5) is 5.13 Å². The van der Waals surface area contributed by atoms with Crippen LogP contribution < -0.4 is 9.47 Å². The number of carbonyl (C=O) groups excluding carboxylic acids is 1. The van der Waals surface area contributed by atoms with Gasteiger partial charge >= 0.3 is 5.97 Å². The number of amides is 1. The van der Waals surface area contributed by atoms with E-state index in [0.717, 1.165) is 5.56 Å². The van der Waals surface area contributed by atoms with Crippen molar-refractivity contribution in [1.82, 2.24) is 9.88 Å². The predicted octanol–water partition coefficient (Wildman–Crippen LogP) is 4.02. The average molecular weight is 448 g/mol. The minimum absolute atomic E-state index is 0.0478. The molecule has 8 nitrogen and oxygen atoms in total. The lowest BCUT2D eigenvalue weighted by Crippen LogP contribution is -2.28. The highest BCUT2D eigenvalue weighted by molar-refractivity contribution is 8.18. The third-order valence-electron chi connectivity index (χ3n) is 3.95. The molecule has 0 spiro atoms. The number of aliphatic imine (C=N–C) groups is 1. The highest BCUT2D eigenvalue weighted by atomic mass is 32.2. The van der Waals surface area contributed by atoms with Crippen molar-refractivity contribution in [2.24, 2.45) is 4.99 Å². The molecule has 0 aliphatic carbocycles. The second kappa shape index (κ2) is 10.3. The van der Waals surface area contributed by atoms with E-state index in [1.165, 1.54) is 23.1 Å². The van der Waals surface area contributed by atoms with Crippen molar-refractivity contribution >= 4 is 51.4 Å². The number of thiazole rings is 1. The van der Waals surface area contributed by atoms with E-state index >= 15 is 0 Å². The van der Waals surface area contributed by atoms with Gasteiger partial charge in [-0.15, -0.1) is 11.3 Å². The molecule has 0 unspecified atom stereocenters. The van der Waals surface area contributed by atoms with Crippen molar-refractivity contribution in [2.75, 3.05) is 19.8 Å².